The van der Waals surface area contributed by atoms with E-state index < -0.39 is 10.7 Å². The number of carbonyl (C=O) groups excluding carboxylic acids is 1. The van der Waals surface area contributed by atoms with E-state index in [2.05, 4.69) is 0 Å². The van der Waals surface area contributed by atoms with Crippen LogP contribution >= 0.6 is 0 Å². The molecule has 0 N–H and O–H groups in total. The molecule has 0 aliphatic heterocycles. The van der Waals surface area contributed by atoms with Crippen molar-refractivity contribution in [3.05, 3.63) is 75.3 Å². The molecule has 6 nitrogen and oxygen atoms in total. The van der Waals surface area contributed by atoms with Gasteiger partial charge in [0, 0.05) is 23.3 Å². The van der Waals surface area contributed by atoms with E-state index >= 15 is 0 Å². The predicted molar refractivity (Wildman–Crippen MR) is 88.6 cm³/mol. The number of allylic oxidation sites excluding steroid dienone is 1. The van der Waals surface area contributed by atoms with Gasteiger partial charge in [0.15, 0.2) is 0 Å². The highest BCUT2D eigenvalue weighted by molar-refractivity contribution is 6.14. The predicted octanol–water partition coefficient (Wildman–Crippen LogP) is 3.78. The maximum absolute atomic E-state index is 12.5. The van der Waals surface area contributed by atoms with Crippen molar-refractivity contribution in [3.8, 4) is 11.8 Å². The Kier molecular flexibility index (Phi) is 5.42. The fraction of sp³-hybridized carbons (Fsp3) is 0.111. The van der Waals surface area contributed by atoms with Gasteiger partial charge in [0.25, 0.3) is 5.69 Å². The molecule has 0 spiro atoms. The number of nitro groups is 1. The first-order valence-corrected chi connectivity index (χ1v) is 7.19. The zero-order valence-corrected chi connectivity index (χ0v) is 12.9. The van der Waals surface area contributed by atoms with Crippen molar-refractivity contribution in [1.29, 1.82) is 5.26 Å². The Morgan fingerprint density at radius 2 is 2.04 bits per heavy atom. The quantitative estimate of drug-likeness (QED) is 0.265. The number of carbonyl (C=O) groups is 1. The first-order valence-electron chi connectivity index (χ1n) is 7.19. The van der Waals surface area contributed by atoms with E-state index in [0.29, 0.717) is 17.9 Å². The number of hydrogen-bond acceptors (Lipinski definition) is 5. The van der Waals surface area contributed by atoms with E-state index in [1.165, 1.54) is 24.3 Å². The summed E-state index contributed by atoms with van der Waals surface area (Å²) in [6.07, 6.45) is 1.42. The smallest absolute Gasteiger partial charge is 0.270 e. The molecule has 0 aromatic heterocycles. The third kappa shape index (κ3) is 3.84. The van der Waals surface area contributed by atoms with Gasteiger partial charge in [-0.2, -0.15) is 5.26 Å². The molecule has 0 atom stereocenters. The third-order valence-electron chi connectivity index (χ3n) is 3.20. The Morgan fingerprint density at radius 3 is 2.71 bits per heavy atom. The molecule has 0 radical (unpaired) electrons. The Bertz CT molecular complexity index is 850. The molecule has 0 aliphatic carbocycles. The maximum Gasteiger partial charge on any atom is 0.270 e. The molecular formula is C18H14N2O4. The zero-order chi connectivity index (χ0) is 17.5. The van der Waals surface area contributed by atoms with Crippen molar-refractivity contribution >= 4 is 17.5 Å². The van der Waals surface area contributed by atoms with Gasteiger partial charge < -0.3 is 4.74 Å². The normalized spacial score (nSPS) is 10.8. The van der Waals surface area contributed by atoms with Gasteiger partial charge >= 0.3 is 0 Å². The number of benzene rings is 2. The van der Waals surface area contributed by atoms with Gasteiger partial charge in [0.05, 0.1) is 11.5 Å². The summed E-state index contributed by atoms with van der Waals surface area (Å²) < 4.78 is 5.46. The minimum Gasteiger partial charge on any atom is -0.493 e. The van der Waals surface area contributed by atoms with E-state index in [9.17, 15) is 20.2 Å². The number of nitriles is 1. The molecule has 0 aliphatic rings. The number of nitro benzene ring substituents is 1. The highest BCUT2D eigenvalue weighted by atomic mass is 16.6. The van der Waals surface area contributed by atoms with Crippen molar-refractivity contribution in [3.63, 3.8) is 0 Å². The first kappa shape index (κ1) is 16.9. The molecule has 6 heteroatoms. The summed E-state index contributed by atoms with van der Waals surface area (Å²) in [6, 6.07) is 14.2. The Hall–Kier alpha value is -3.46. The van der Waals surface area contributed by atoms with E-state index in [-0.39, 0.29) is 16.8 Å². The minimum absolute atomic E-state index is 0.0888. The third-order valence-corrected chi connectivity index (χ3v) is 3.20. The number of ether oxygens (including phenoxy) is 1. The second-order valence-electron chi connectivity index (χ2n) is 4.78. The van der Waals surface area contributed by atoms with Crippen LogP contribution in [-0.4, -0.2) is 17.3 Å². The molecule has 0 unspecified atom stereocenters. The van der Waals surface area contributed by atoms with E-state index in [0.717, 1.165) is 6.07 Å². The summed E-state index contributed by atoms with van der Waals surface area (Å²) in [5.41, 5.74) is 0.357. The van der Waals surface area contributed by atoms with Crippen LogP contribution in [0.2, 0.25) is 0 Å². The van der Waals surface area contributed by atoms with E-state index in [1.807, 2.05) is 13.0 Å². The summed E-state index contributed by atoms with van der Waals surface area (Å²) in [7, 11) is 0. The molecule has 0 bridgehead atoms. The average Bonchev–Trinajstić information content (AvgIpc) is 2.60. The number of non-ortho nitro benzene ring substituents is 1. The van der Waals surface area contributed by atoms with Gasteiger partial charge in [0.1, 0.15) is 17.4 Å². The second kappa shape index (κ2) is 7.70. The molecule has 0 fully saturated rings. The van der Waals surface area contributed by atoms with Crippen molar-refractivity contribution in [2.24, 2.45) is 0 Å². The van der Waals surface area contributed by atoms with Gasteiger partial charge in [-0.1, -0.05) is 30.3 Å². The molecule has 2 aromatic carbocycles. The van der Waals surface area contributed by atoms with Crippen LogP contribution in [0.4, 0.5) is 5.69 Å². The number of Topliss-reactive ketones (excluding diaryl/α,β-unsaturated/α-hetero) is 1. The summed E-state index contributed by atoms with van der Waals surface area (Å²) in [4.78, 5) is 22.7. The topological polar surface area (TPSA) is 93.2 Å². The Balaban J connectivity index is 2.42. The molecule has 2 rings (SSSR count). The number of nitrogens with zero attached hydrogens (tertiary/aromatic N) is 2. The first-order chi connectivity index (χ1) is 11.6. The standard InChI is InChI=1S/C18H14N2O4/c1-2-24-17-9-4-3-6-13(17)10-15(12-19)18(21)14-7-5-8-16(11-14)20(22)23/h3-11H,2H2,1H3/b15-10+. The van der Waals surface area contributed by atoms with Crippen LogP contribution in [0, 0.1) is 21.4 Å². The summed E-state index contributed by atoms with van der Waals surface area (Å²) in [5.74, 6) is -0.0212. The lowest BCUT2D eigenvalue weighted by Crippen LogP contribution is -2.03. The fourth-order valence-electron chi connectivity index (χ4n) is 2.11. The Labute approximate surface area is 138 Å². The largest absolute Gasteiger partial charge is 0.493 e. The molecule has 0 saturated carbocycles. The molecule has 24 heavy (non-hydrogen) atoms. The van der Waals surface area contributed by atoms with Gasteiger partial charge in [-0.05, 0) is 19.1 Å². The fourth-order valence-corrected chi connectivity index (χ4v) is 2.11. The molecule has 0 heterocycles. The van der Waals surface area contributed by atoms with Gasteiger partial charge in [-0.25, -0.2) is 0 Å². The van der Waals surface area contributed by atoms with Crippen LogP contribution < -0.4 is 4.74 Å². The van der Waals surface area contributed by atoms with Crippen molar-refractivity contribution in [1.82, 2.24) is 0 Å². The highest BCUT2D eigenvalue weighted by Gasteiger charge is 2.16. The van der Waals surface area contributed by atoms with Crippen LogP contribution in [0.25, 0.3) is 6.08 Å². The molecule has 120 valence electrons. The summed E-state index contributed by atoms with van der Waals surface area (Å²) in [6.45, 7) is 2.28. The lowest BCUT2D eigenvalue weighted by Gasteiger charge is -2.07. The SMILES string of the molecule is CCOc1ccccc1/C=C(\C#N)C(=O)c1cccc([N+](=O)[O-])c1. The number of hydrogen-bond donors (Lipinski definition) is 0. The van der Waals surface area contributed by atoms with Crippen LogP contribution in [0.1, 0.15) is 22.8 Å². The molecular weight excluding hydrogens is 308 g/mol. The maximum atomic E-state index is 12.5. The molecule has 0 amide bonds. The van der Waals surface area contributed by atoms with E-state index in [1.54, 1.807) is 24.3 Å². The average molecular weight is 322 g/mol. The van der Waals surface area contributed by atoms with Crippen molar-refractivity contribution in [2.75, 3.05) is 6.61 Å². The molecule has 0 saturated heterocycles. The Morgan fingerprint density at radius 1 is 1.29 bits per heavy atom. The number of ketones is 1. The van der Waals surface area contributed by atoms with Crippen LogP contribution in [0.3, 0.4) is 0 Å². The van der Waals surface area contributed by atoms with Crippen molar-refractivity contribution in [2.45, 2.75) is 6.92 Å². The van der Waals surface area contributed by atoms with Gasteiger partial charge in [-0.3, -0.25) is 14.9 Å². The minimum atomic E-state index is -0.586. The second-order valence-corrected chi connectivity index (χ2v) is 4.78. The zero-order valence-electron chi connectivity index (χ0n) is 12.9. The number of rotatable bonds is 6. The van der Waals surface area contributed by atoms with Crippen LogP contribution in [-0.2, 0) is 0 Å². The van der Waals surface area contributed by atoms with E-state index in [4.69, 9.17) is 4.74 Å². The lowest BCUT2D eigenvalue weighted by atomic mass is 10.0. The van der Waals surface area contributed by atoms with Crippen molar-refractivity contribution < 1.29 is 14.5 Å². The van der Waals surface area contributed by atoms with Gasteiger partial charge in [-0.15, -0.1) is 0 Å². The highest BCUT2D eigenvalue weighted by Crippen LogP contribution is 2.23. The van der Waals surface area contributed by atoms with Crippen LogP contribution in [0.15, 0.2) is 54.1 Å². The summed E-state index contributed by atoms with van der Waals surface area (Å²) in [5, 5.41) is 20.1. The monoisotopic (exact) mass is 322 g/mol. The lowest BCUT2D eigenvalue weighted by molar-refractivity contribution is -0.384. The number of para-hydroxylation sites is 1. The van der Waals surface area contributed by atoms with Crippen LogP contribution in [0.5, 0.6) is 5.75 Å². The van der Waals surface area contributed by atoms with Gasteiger partial charge in [0.2, 0.25) is 5.78 Å². The molecule has 2 aromatic rings. The summed E-state index contributed by atoms with van der Waals surface area (Å²) >= 11 is 0.